The second-order valence-electron chi connectivity index (χ2n) is 6.07. The summed E-state index contributed by atoms with van der Waals surface area (Å²) in [4.78, 5) is 0. The number of benzene rings is 1. The molecule has 0 fully saturated rings. The van der Waals surface area contributed by atoms with E-state index < -0.39 is 0 Å². The highest BCUT2D eigenvalue weighted by Gasteiger charge is 2.15. The summed E-state index contributed by atoms with van der Waals surface area (Å²) < 4.78 is 5.77. The average molecular weight is 263 g/mol. The van der Waals surface area contributed by atoms with Gasteiger partial charge < -0.3 is 10.1 Å². The number of hydrogen-bond donors (Lipinski definition) is 1. The van der Waals surface area contributed by atoms with Gasteiger partial charge in [-0.05, 0) is 49.9 Å². The summed E-state index contributed by atoms with van der Waals surface area (Å²) >= 11 is 0. The first-order valence-electron chi connectivity index (χ1n) is 7.40. The SMILES string of the molecule is CC(C)NCC(C)C(C)c1cccc(OC(C)C)c1. The lowest BCUT2D eigenvalue weighted by Crippen LogP contribution is -2.29. The molecule has 19 heavy (non-hydrogen) atoms. The monoisotopic (exact) mass is 263 g/mol. The Kier molecular flexibility index (Phi) is 6.36. The van der Waals surface area contributed by atoms with Crippen LogP contribution in [0.1, 0.15) is 53.0 Å². The van der Waals surface area contributed by atoms with E-state index in [-0.39, 0.29) is 6.10 Å². The van der Waals surface area contributed by atoms with Crippen LogP contribution in [0.4, 0.5) is 0 Å². The Morgan fingerprint density at radius 2 is 1.74 bits per heavy atom. The van der Waals surface area contributed by atoms with Gasteiger partial charge in [0, 0.05) is 6.04 Å². The summed E-state index contributed by atoms with van der Waals surface area (Å²) in [6, 6.07) is 9.05. The molecule has 0 spiro atoms. The van der Waals surface area contributed by atoms with Crippen LogP contribution in [-0.4, -0.2) is 18.7 Å². The van der Waals surface area contributed by atoms with Crippen LogP contribution in [0.5, 0.6) is 5.75 Å². The maximum absolute atomic E-state index is 5.77. The summed E-state index contributed by atoms with van der Waals surface area (Å²) in [5.41, 5.74) is 1.36. The minimum absolute atomic E-state index is 0.227. The number of hydrogen-bond acceptors (Lipinski definition) is 2. The molecule has 1 aromatic rings. The van der Waals surface area contributed by atoms with E-state index in [2.05, 4.69) is 65.1 Å². The molecule has 0 amide bonds. The minimum atomic E-state index is 0.227. The average Bonchev–Trinajstić information content (AvgIpc) is 2.34. The summed E-state index contributed by atoms with van der Waals surface area (Å²) in [7, 11) is 0. The van der Waals surface area contributed by atoms with Crippen molar-refractivity contribution in [1.82, 2.24) is 5.32 Å². The van der Waals surface area contributed by atoms with Crippen molar-refractivity contribution >= 4 is 0 Å². The van der Waals surface area contributed by atoms with Crippen molar-refractivity contribution in [2.24, 2.45) is 5.92 Å². The smallest absolute Gasteiger partial charge is 0.119 e. The summed E-state index contributed by atoms with van der Waals surface area (Å²) in [5.74, 6) is 2.11. The molecule has 2 unspecified atom stereocenters. The molecule has 0 aliphatic rings. The standard InChI is InChI=1S/C17H29NO/c1-12(2)18-11-14(5)15(6)16-8-7-9-17(10-16)19-13(3)4/h7-10,12-15,18H,11H2,1-6H3. The first-order valence-corrected chi connectivity index (χ1v) is 7.40. The second kappa shape index (κ2) is 7.54. The fraction of sp³-hybridized carbons (Fsp3) is 0.647. The van der Waals surface area contributed by atoms with Crippen LogP contribution in [-0.2, 0) is 0 Å². The maximum Gasteiger partial charge on any atom is 0.119 e. The van der Waals surface area contributed by atoms with E-state index >= 15 is 0 Å². The first kappa shape index (κ1) is 16.0. The molecule has 0 radical (unpaired) electrons. The van der Waals surface area contributed by atoms with Gasteiger partial charge in [-0.1, -0.05) is 39.8 Å². The molecule has 0 heterocycles. The van der Waals surface area contributed by atoms with Crippen LogP contribution < -0.4 is 10.1 Å². The third-order valence-corrected chi connectivity index (χ3v) is 3.46. The Labute approximate surface area is 118 Å². The predicted octanol–water partition coefficient (Wildman–Crippen LogP) is 4.21. The van der Waals surface area contributed by atoms with Gasteiger partial charge in [0.1, 0.15) is 5.75 Å². The fourth-order valence-electron chi connectivity index (χ4n) is 2.07. The molecule has 2 nitrogen and oxygen atoms in total. The molecule has 0 aliphatic heterocycles. The number of rotatable bonds is 7. The third-order valence-electron chi connectivity index (χ3n) is 3.46. The van der Waals surface area contributed by atoms with Crippen LogP contribution >= 0.6 is 0 Å². The number of nitrogens with one attached hydrogen (secondary N) is 1. The van der Waals surface area contributed by atoms with Crippen molar-refractivity contribution in [1.29, 1.82) is 0 Å². The van der Waals surface area contributed by atoms with E-state index in [0.717, 1.165) is 12.3 Å². The minimum Gasteiger partial charge on any atom is -0.491 e. The normalized spacial score (nSPS) is 14.7. The Balaban J connectivity index is 2.67. The van der Waals surface area contributed by atoms with Crippen molar-refractivity contribution in [3.8, 4) is 5.75 Å². The molecule has 1 N–H and O–H groups in total. The van der Waals surface area contributed by atoms with Crippen LogP contribution in [0.2, 0.25) is 0 Å². The third kappa shape index (κ3) is 5.65. The second-order valence-corrected chi connectivity index (χ2v) is 6.07. The van der Waals surface area contributed by atoms with Crippen molar-refractivity contribution in [3.63, 3.8) is 0 Å². The van der Waals surface area contributed by atoms with Gasteiger partial charge in [0.15, 0.2) is 0 Å². The zero-order valence-corrected chi connectivity index (χ0v) is 13.2. The van der Waals surface area contributed by atoms with Crippen molar-refractivity contribution < 1.29 is 4.74 Å². The van der Waals surface area contributed by atoms with Crippen molar-refractivity contribution in [2.45, 2.75) is 59.6 Å². The van der Waals surface area contributed by atoms with E-state index in [0.29, 0.717) is 17.9 Å². The van der Waals surface area contributed by atoms with E-state index in [9.17, 15) is 0 Å². The highest BCUT2D eigenvalue weighted by atomic mass is 16.5. The Hall–Kier alpha value is -1.02. The van der Waals surface area contributed by atoms with Gasteiger partial charge in [0.25, 0.3) is 0 Å². The molecule has 0 saturated carbocycles. The van der Waals surface area contributed by atoms with Gasteiger partial charge in [-0.3, -0.25) is 0 Å². The maximum atomic E-state index is 5.77. The first-order chi connectivity index (χ1) is 8.90. The molecular formula is C17H29NO. The largest absolute Gasteiger partial charge is 0.491 e. The molecular weight excluding hydrogens is 234 g/mol. The lowest BCUT2D eigenvalue weighted by Gasteiger charge is -2.23. The topological polar surface area (TPSA) is 21.3 Å². The van der Waals surface area contributed by atoms with Crippen LogP contribution in [0.25, 0.3) is 0 Å². The van der Waals surface area contributed by atoms with Gasteiger partial charge in [0.05, 0.1) is 6.10 Å². The Morgan fingerprint density at radius 3 is 2.32 bits per heavy atom. The van der Waals surface area contributed by atoms with E-state index in [1.54, 1.807) is 0 Å². The van der Waals surface area contributed by atoms with Crippen molar-refractivity contribution in [3.05, 3.63) is 29.8 Å². The van der Waals surface area contributed by atoms with Crippen LogP contribution in [0.15, 0.2) is 24.3 Å². The Morgan fingerprint density at radius 1 is 1.05 bits per heavy atom. The fourth-order valence-corrected chi connectivity index (χ4v) is 2.07. The molecule has 0 aliphatic carbocycles. The molecule has 0 bridgehead atoms. The summed E-state index contributed by atoms with van der Waals surface area (Å²) in [6.07, 6.45) is 0.227. The zero-order chi connectivity index (χ0) is 14.4. The molecule has 0 aromatic heterocycles. The molecule has 108 valence electrons. The lowest BCUT2D eigenvalue weighted by atomic mass is 9.88. The zero-order valence-electron chi connectivity index (χ0n) is 13.2. The van der Waals surface area contributed by atoms with E-state index in [4.69, 9.17) is 4.74 Å². The number of ether oxygens (including phenoxy) is 1. The highest BCUT2D eigenvalue weighted by molar-refractivity contribution is 5.31. The molecule has 2 atom stereocenters. The van der Waals surface area contributed by atoms with E-state index in [1.807, 2.05) is 6.07 Å². The predicted molar refractivity (Wildman–Crippen MR) is 82.9 cm³/mol. The van der Waals surface area contributed by atoms with Gasteiger partial charge >= 0.3 is 0 Å². The molecule has 2 heteroatoms. The molecule has 1 rings (SSSR count). The highest BCUT2D eigenvalue weighted by Crippen LogP contribution is 2.27. The van der Waals surface area contributed by atoms with Crippen molar-refractivity contribution in [2.75, 3.05) is 6.54 Å². The van der Waals surface area contributed by atoms with Gasteiger partial charge in [0.2, 0.25) is 0 Å². The van der Waals surface area contributed by atoms with Crippen LogP contribution in [0.3, 0.4) is 0 Å². The van der Waals surface area contributed by atoms with Crippen LogP contribution in [0, 0.1) is 5.92 Å². The lowest BCUT2D eigenvalue weighted by molar-refractivity contribution is 0.242. The molecule has 0 saturated heterocycles. The van der Waals surface area contributed by atoms with Gasteiger partial charge in [-0.2, -0.15) is 0 Å². The molecule has 1 aromatic carbocycles. The summed E-state index contributed by atoms with van der Waals surface area (Å²) in [6.45, 7) is 14.1. The summed E-state index contributed by atoms with van der Waals surface area (Å²) in [5, 5.41) is 3.51. The quantitative estimate of drug-likeness (QED) is 0.795. The van der Waals surface area contributed by atoms with Gasteiger partial charge in [-0.25, -0.2) is 0 Å². The Bertz CT molecular complexity index is 373. The van der Waals surface area contributed by atoms with E-state index in [1.165, 1.54) is 5.56 Å². The van der Waals surface area contributed by atoms with Gasteiger partial charge in [-0.15, -0.1) is 0 Å².